The lowest BCUT2D eigenvalue weighted by atomic mass is 9.78. The highest BCUT2D eigenvalue weighted by molar-refractivity contribution is 6.61. The van der Waals surface area contributed by atoms with Gasteiger partial charge >= 0.3 is 13.1 Å². The molecule has 0 amide bonds. The van der Waals surface area contributed by atoms with Crippen molar-refractivity contribution in [2.75, 3.05) is 0 Å². The molecule has 1 saturated heterocycles. The zero-order valence-electron chi connectivity index (χ0n) is 12.0. The average molecular weight is 277 g/mol. The maximum Gasteiger partial charge on any atom is 0.494 e. The van der Waals surface area contributed by atoms with Crippen LogP contribution in [-0.4, -0.2) is 35.9 Å². The second-order valence-electron chi connectivity index (χ2n) is 5.72. The molecule has 0 spiro atoms. The van der Waals surface area contributed by atoms with Gasteiger partial charge in [-0.2, -0.15) is 0 Å². The minimum Gasteiger partial charge on any atom is -0.480 e. The molecule has 0 aromatic heterocycles. The summed E-state index contributed by atoms with van der Waals surface area (Å²) >= 11 is 0. The second kappa shape index (κ2) is 5.56. The quantitative estimate of drug-likeness (QED) is 0.785. The zero-order valence-corrected chi connectivity index (χ0v) is 12.0. The van der Waals surface area contributed by atoms with E-state index in [1.807, 2.05) is 45.0 Å². The molecule has 3 N–H and O–H groups in total. The van der Waals surface area contributed by atoms with Crippen molar-refractivity contribution in [3.8, 4) is 0 Å². The van der Waals surface area contributed by atoms with Crippen LogP contribution in [0.1, 0.15) is 26.3 Å². The molecule has 108 valence electrons. The van der Waals surface area contributed by atoms with E-state index in [0.29, 0.717) is 6.42 Å². The molecule has 0 saturated carbocycles. The van der Waals surface area contributed by atoms with Gasteiger partial charge in [-0.3, -0.25) is 4.79 Å². The Kier molecular flexibility index (Phi) is 4.18. The third kappa shape index (κ3) is 3.20. The molecular formula is C14H20BNO4. The van der Waals surface area contributed by atoms with Gasteiger partial charge < -0.3 is 20.1 Å². The molecule has 1 heterocycles. The summed E-state index contributed by atoms with van der Waals surface area (Å²) in [5.41, 5.74) is 7.01. The van der Waals surface area contributed by atoms with Crippen molar-refractivity contribution in [1.29, 1.82) is 0 Å². The molecule has 0 bridgehead atoms. The number of rotatable bonds is 4. The van der Waals surface area contributed by atoms with Gasteiger partial charge in [-0.15, -0.1) is 0 Å². The van der Waals surface area contributed by atoms with Crippen LogP contribution in [0.4, 0.5) is 0 Å². The molecule has 2 rings (SSSR count). The number of hydrogen-bond acceptors (Lipinski definition) is 4. The third-order valence-electron chi connectivity index (χ3n) is 3.74. The van der Waals surface area contributed by atoms with Crippen LogP contribution in [0.3, 0.4) is 0 Å². The van der Waals surface area contributed by atoms with E-state index in [0.717, 1.165) is 11.0 Å². The highest BCUT2D eigenvalue weighted by Gasteiger charge is 2.43. The lowest BCUT2D eigenvalue weighted by Gasteiger charge is -2.21. The molecule has 1 aromatic carbocycles. The summed E-state index contributed by atoms with van der Waals surface area (Å²) in [5, 5.41) is 8.79. The Morgan fingerprint density at radius 1 is 1.45 bits per heavy atom. The second-order valence-corrected chi connectivity index (χ2v) is 5.72. The van der Waals surface area contributed by atoms with Gasteiger partial charge in [-0.05, 0) is 38.2 Å². The van der Waals surface area contributed by atoms with Crippen LogP contribution in [0.15, 0.2) is 24.3 Å². The summed E-state index contributed by atoms with van der Waals surface area (Å²) in [5.74, 6) is -0.993. The van der Waals surface area contributed by atoms with Crippen LogP contribution in [0.25, 0.3) is 0 Å². The number of carbonyl (C=O) groups is 1. The molecule has 1 aliphatic rings. The van der Waals surface area contributed by atoms with E-state index >= 15 is 0 Å². The SMILES string of the molecule is CC1OB(c2ccc(C[C@H](N)C(=O)O)cc2)OC1(C)C. The van der Waals surface area contributed by atoms with E-state index in [9.17, 15) is 4.79 Å². The van der Waals surface area contributed by atoms with Crippen molar-refractivity contribution in [3.05, 3.63) is 29.8 Å². The van der Waals surface area contributed by atoms with Gasteiger partial charge in [0, 0.05) is 0 Å². The van der Waals surface area contributed by atoms with Crippen LogP contribution in [0.5, 0.6) is 0 Å². The minimum atomic E-state index is -0.993. The van der Waals surface area contributed by atoms with Gasteiger partial charge in [0.2, 0.25) is 0 Å². The number of carboxylic acid groups (broad SMARTS) is 1. The third-order valence-corrected chi connectivity index (χ3v) is 3.74. The van der Waals surface area contributed by atoms with E-state index in [4.69, 9.17) is 20.1 Å². The smallest absolute Gasteiger partial charge is 0.480 e. The molecule has 20 heavy (non-hydrogen) atoms. The van der Waals surface area contributed by atoms with Gasteiger partial charge in [0.25, 0.3) is 0 Å². The molecule has 6 heteroatoms. The monoisotopic (exact) mass is 277 g/mol. The largest absolute Gasteiger partial charge is 0.494 e. The van der Waals surface area contributed by atoms with E-state index in [1.54, 1.807) is 0 Å². The standard InChI is InChI=1S/C14H20BNO4/c1-9-14(2,3)20-15(19-9)11-6-4-10(5-7-11)8-12(16)13(17)18/h4-7,9,12H,8,16H2,1-3H3,(H,17,18)/t9?,12-/m0/s1. The summed E-state index contributed by atoms with van der Waals surface area (Å²) < 4.78 is 11.6. The van der Waals surface area contributed by atoms with Crippen LogP contribution < -0.4 is 11.2 Å². The van der Waals surface area contributed by atoms with Crippen molar-refractivity contribution >= 4 is 18.6 Å². The van der Waals surface area contributed by atoms with Crippen LogP contribution >= 0.6 is 0 Å². The van der Waals surface area contributed by atoms with Crippen molar-refractivity contribution in [2.45, 2.75) is 44.9 Å². The summed E-state index contributed by atoms with van der Waals surface area (Å²) in [7, 11) is -0.373. The first kappa shape index (κ1) is 15.0. The van der Waals surface area contributed by atoms with E-state index in [2.05, 4.69) is 0 Å². The molecular weight excluding hydrogens is 257 g/mol. The van der Waals surface area contributed by atoms with E-state index < -0.39 is 12.0 Å². The lowest BCUT2D eigenvalue weighted by molar-refractivity contribution is -0.138. The number of nitrogens with two attached hydrogens (primary N) is 1. The fraction of sp³-hybridized carbons (Fsp3) is 0.500. The lowest BCUT2D eigenvalue weighted by Crippen LogP contribution is -2.35. The van der Waals surface area contributed by atoms with Crippen molar-refractivity contribution in [2.24, 2.45) is 5.73 Å². The molecule has 1 aromatic rings. The zero-order chi connectivity index (χ0) is 14.9. The highest BCUT2D eigenvalue weighted by Crippen LogP contribution is 2.26. The van der Waals surface area contributed by atoms with Crippen molar-refractivity contribution in [3.63, 3.8) is 0 Å². The normalized spacial score (nSPS) is 22.8. The predicted octanol–water partition coefficient (Wildman–Crippen LogP) is 0.550. The Morgan fingerprint density at radius 2 is 2.05 bits per heavy atom. The van der Waals surface area contributed by atoms with Crippen molar-refractivity contribution < 1.29 is 19.2 Å². The number of hydrogen-bond donors (Lipinski definition) is 2. The van der Waals surface area contributed by atoms with Gasteiger partial charge in [-0.1, -0.05) is 24.3 Å². The van der Waals surface area contributed by atoms with Crippen LogP contribution in [0, 0.1) is 0 Å². The molecule has 2 atom stereocenters. The Hall–Kier alpha value is -1.37. The summed E-state index contributed by atoms with van der Waals surface area (Å²) in [4.78, 5) is 10.7. The highest BCUT2D eigenvalue weighted by atomic mass is 16.7. The van der Waals surface area contributed by atoms with Crippen LogP contribution in [0.2, 0.25) is 0 Å². The van der Waals surface area contributed by atoms with E-state index in [1.165, 1.54) is 0 Å². The first-order chi connectivity index (χ1) is 9.29. The fourth-order valence-electron chi connectivity index (χ4n) is 2.05. The minimum absolute atomic E-state index is 0.0209. The fourth-order valence-corrected chi connectivity index (χ4v) is 2.05. The molecule has 1 fully saturated rings. The summed E-state index contributed by atoms with van der Waals surface area (Å²) in [6, 6.07) is 6.63. The van der Waals surface area contributed by atoms with E-state index in [-0.39, 0.29) is 18.8 Å². The Labute approximate surface area is 119 Å². The van der Waals surface area contributed by atoms with Crippen molar-refractivity contribution in [1.82, 2.24) is 0 Å². The summed E-state index contributed by atoms with van der Waals surface area (Å²) in [6.45, 7) is 5.98. The number of carboxylic acids is 1. The first-order valence-electron chi connectivity index (χ1n) is 6.70. The Bertz CT molecular complexity index is 488. The number of aliphatic carboxylic acids is 1. The molecule has 5 nitrogen and oxygen atoms in total. The number of benzene rings is 1. The summed E-state index contributed by atoms with van der Waals surface area (Å²) in [6.07, 6.45) is 0.330. The van der Waals surface area contributed by atoms with Gasteiger partial charge in [0.05, 0.1) is 11.7 Å². The van der Waals surface area contributed by atoms with Gasteiger partial charge in [0.1, 0.15) is 6.04 Å². The van der Waals surface area contributed by atoms with Gasteiger partial charge in [-0.25, -0.2) is 0 Å². The molecule has 1 unspecified atom stereocenters. The van der Waals surface area contributed by atoms with Gasteiger partial charge in [0.15, 0.2) is 0 Å². The Balaban J connectivity index is 2.04. The average Bonchev–Trinajstić information content (AvgIpc) is 2.64. The topological polar surface area (TPSA) is 81.8 Å². The maximum absolute atomic E-state index is 10.7. The molecule has 1 aliphatic heterocycles. The Morgan fingerprint density at radius 3 is 2.50 bits per heavy atom. The molecule has 0 radical (unpaired) electrons. The van der Waals surface area contributed by atoms with Crippen LogP contribution in [-0.2, 0) is 20.5 Å². The first-order valence-corrected chi connectivity index (χ1v) is 6.70. The predicted molar refractivity (Wildman–Crippen MR) is 76.9 cm³/mol. The molecule has 0 aliphatic carbocycles. The maximum atomic E-state index is 10.7.